The first kappa shape index (κ1) is 13.8. The molecule has 1 aromatic rings. The third-order valence-corrected chi connectivity index (χ3v) is 3.07. The van der Waals surface area contributed by atoms with Crippen molar-refractivity contribution >= 4 is 5.97 Å². The molecule has 4 nitrogen and oxygen atoms in total. The minimum absolute atomic E-state index is 0.0984. The number of carboxylic acid groups (broad SMARTS) is 1. The molecule has 1 N–H and O–H groups in total. The molecule has 2 rings (SSSR count). The fourth-order valence-corrected chi connectivity index (χ4v) is 1.99. The maximum atomic E-state index is 12.7. The van der Waals surface area contributed by atoms with E-state index in [0.717, 1.165) is 25.8 Å². The Morgan fingerprint density at radius 2 is 2.05 bits per heavy atom. The largest absolute Gasteiger partial charge is 0.494 e. The lowest BCUT2D eigenvalue weighted by Gasteiger charge is -2.19. The maximum Gasteiger partial charge on any atom is 0.317 e. The second-order valence-corrected chi connectivity index (χ2v) is 4.75. The van der Waals surface area contributed by atoms with Crippen LogP contribution in [0.1, 0.15) is 19.3 Å². The second kappa shape index (κ2) is 6.52. The molecule has 0 aromatic heterocycles. The van der Waals surface area contributed by atoms with Crippen LogP contribution >= 0.6 is 0 Å². The number of rotatable bonds is 8. The van der Waals surface area contributed by atoms with Crippen molar-refractivity contribution in [3.05, 3.63) is 30.1 Å². The summed E-state index contributed by atoms with van der Waals surface area (Å²) in [5.41, 5.74) is 0. The lowest BCUT2D eigenvalue weighted by Crippen LogP contribution is -2.33. The highest BCUT2D eigenvalue weighted by Crippen LogP contribution is 2.26. The zero-order valence-corrected chi connectivity index (χ0v) is 10.7. The normalized spacial score (nSPS) is 14.6. The van der Waals surface area contributed by atoms with Crippen molar-refractivity contribution in [2.45, 2.75) is 25.3 Å². The standard InChI is InChI=1S/C14H18FNO3/c15-11-2-6-13(7-3-11)19-9-1-8-16(10-14(17)18)12-4-5-12/h2-3,6-7,12H,1,4-5,8-10H2,(H,17,18). The number of carboxylic acids is 1. The van der Waals surface area contributed by atoms with Crippen molar-refractivity contribution in [3.8, 4) is 5.75 Å². The molecule has 1 aromatic carbocycles. The number of hydrogen-bond donors (Lipinski definition) is 1. The number of nitrogens with zero attached hydrogens (tertiary/aromatic N) is 1. The van der Waals surface area contributed by atoms with Crippen molar-refractivity contribution in [3.63, 3.8) is 0 Å². The molecule has 5 heteroatoms. The van der Waals surface area contributed by atoms with E-state index in [1.807, 2.05) is 4.90 Å². The van der Waals surface area contributed by atoms with Crippen LogP contribution in [0.2, 0.25) is 0 Å². The zero-order valence-electron chi connectivity index (χ0n) is 10.7. The zero-order chi connectivity index (χ0) is 13.7. The van der Waals surface area contributed by atoms with Gasteiger partial charge in [-0.25, -0.2) is 4.39 Å². The lowest BCUT2D eigenvalue weighted by molar-refractivity contribution is -0.138. The summed E-state index contributed by atoms with van der Waals surface area (Å²) in [7, 11) is 0. The van der Waals surface area contributed by atoms with E-state index in [9.17, 15) is 9.18 Å². The predicted molar refractivity (Wildman–Crippen MR) is 68.7 cm³/mol. The first-order chi connectivity index (χ1) is 9.15. The van der Waals surface area contributed by atoms with Crippen molar-refractivity contribution in [1.29, 1.82) is 0 Å². The number of halogens is 1. The molecule has 104 valence electrons. The Kier molecular flexibility index (Phi) is 4.74. The number of hydrogen-bond acceptors (Lipinski definition) is 3. The van der Waals surface area contributed by atoms with Crippen LogP contribution < -0.4 is 4.74 Å². The molecule has 0 saturated heterocycles. The predicted octanol–water partition coefficient (Wildman–Crippen LogP) is 2.14. The average Bonchev–Trinajstić information content (AvgIpc) is 3.19. The van der Waals surface area contributed by atoms with Gasteiger partial charge in [-0.3, -0.25) is 9.69 Å². The molecule has 1 aliphatic rings. The van der Waals surface area contributed by atoms with E-state index in [2.05, 4.69) is 0 Å². The van der Waals surface area contributed by atoms with Crippen molar-refractivity contribution in [1.82, 2.24) is 4.90 Å². The molecule has 1 fully saturated rings. The molecule has 0 atom stereocenters. The first-order valence-corrected chi connectivity index (χ1v) is 6.49. The van der Waals surface area contributed by atoms with E-state index in [1.54, 1.807) is 12.1 Å². The van der Waals surface area contributed by atoms with Crippen molar-refractivity contribution < 1.29 is 19.0 Å². The van der Waals surface area contributed by atoms with Crippen LogP contribution in [0.15, 0.2) is 24.3 Å². The minimum atomic E-state index is -0.786. The van der Waals surface area contributed by atoms with Crippen LogP contribution in [0.4, 0.5) is 4.39 Å². The number of aliphatic carboxylic acids is 1. The Morgan fingerprint density at radius 3 is 2.63 bits per heavy atom. The molecule has 1 saturated carbocycles. The molecular formula is C14H18FNO3. The van der Waals surface area contributed by atoms with Gasteiger partial charge in [-0.15, -0.1) is 0 Å². The van der Waals surface area contributed by atoms with Crippen LogP contribution in [-0.4, -0.2) is 41.7 Å². The van der Waals surface area contributed by atoms with Crippen molar-refractivity contribution in [2.75, 3.05) is 19.7 Å². The Morgan fingerprint density at radius 1 is 1.37 bits per heavy atom. The SMILES string of the molecule is O=C(O)CN(CCCOc1ccc(F)cc1)C1CC1. The summed E-state index contributed by atoms with van der Waals surface area (Å²) in [5, 5.41) is 8.81. The smallest absolute Gasteiger partial charge is 0.317 e. The van der Waals surface area contributed by atoms with Gasteiger partial charge in [0.25, 0.3) is 0 Å². The minimum Gasteiger partial charge on any atom is -0.494 e. The molecule has 0 spiro atoms. The fraction of sp³-hybridized carbons (Fsp3) is 0.500. The molecule has 0 radical (unpaired) electrons. The van der Waals surface area contributed by atoms with Gasteiger partial charge in [0.2, 0.25) is 0 Å². The third kappa shape index (κ3) is 4.87. The Bertz CT molecular complexity index is 417. The summed E-state index contributed by atoms with van der Waals surface area (Å²) in [6.07, 6.45) is 2.94. The highest BCUT2D eigenvalue weighted by atomic mass is 19.1. The van der Waals surface area contributed by atoms with Crippen LogP contribution in [0.5, 0.6) is 5.75 Å². The third-order valence-electron chi connectivity index (χ3n) is 3.07. The molecule has 0 heterocycles. The van der Waals surface area contributed by atoms with Gasteiger partial charge >= 0.3 is 5.97 Å². The average molecular weight is 267 g/mol. The molecule has 0 amide bonds. The molecular weight excluding hydrogens is 249 g/mol. The van der Waals surface area contributed by atoms with Gasteiger partial charge in [0.05, 0.1) is 13.2 Å². The molecule has 19 heavy (non-hydrogen) atoms. The fourth-order valence-electron chi connectivity index (χ4n) is 1.99. The summed E-state index contributed by atoms with van der Waals surface area (Å²) in [6, 6.07) is 6.32. The van der Waals surface area contributed by atoms with Crippen LogP contribution in [0.25, 0.3) is 0 Å². The monoisotopic (exact) mass is 267 g/mol. The van der Waals surface area contributed by atoms with E-state index in [1.165, 1.54) is 12.1 Å². The first-order valence-electron chi connectivity index (χ1n) is 6.49. The van der Waals surface area contributed by atoms with E-state index < -0.39 is 5.97 Å². The number of carbonyl (C=O) groups is 1. The summed E-state index contributed by atoms with van der Waals surface area (Å²) in [4.78, 5) is 12.7. The summed E-state index contributed by atoms with van der Waals surface area (Å²) >= 11 is 0. The van der Waals surface area contributed by atoms with Gasteiger partial charge in [0, 0.05) is 12.6 Å². The number of benzene rings is 1. The number of ether oxygens (including phenoxy) is 1. The maximum absolute atomic E-state index is 12.7. The van der Waals surface area contributed by atoms with E-state index in [-0.39, 0.29) is 12.4 Å². The van der Waals surface area contributed by atoms with Gasteiger partial charge in [-0.2, -0.15) is 0 Å². The van der Waals surface area contributed by atoms with Crippen LogP contribution in [0.3, 0.4) is 0 Å². The molecule has 1 aliphatic carbocycles. The Labute approximate surface area is 111 Å². The van der Waals surface area contributed by atoms with E-state index in [4.69, 9.17) is 9.84 Å². The highest BCUT2D eigenvalue weighted by molar-refractivity contribution is 5.69. The lowest BCUT2D eigenvalue weighted by atomic mass is 10.3. The topological polar surface area (TPSA) is 49.8 Å². The summed E-state index contributed by atoms with van der Waals surface area (Å²) in [6.45, 7) is 1.33. The van der Waals surface area contributed by atoms with E-state index >= 15 is 0 Å². The Hall–Kier alpha value is -1.62. The van der Waals surface area contributed by atoms with Gasteiger partial charge < -0.3 is 9.84 Å². The van der Waals surface area contributed by atoms with E-state index in [0.29, 0.717) is 18.4 Å². The highest BCUT2D eigenvalue weighted by Gasteiger charge is 2.29. The summed E-state index contributed by atoms with van der Waals surface area (Å²) < 4.78 is 18.2. The Balaban J connectivity index is 1.67. The van der Waals surface area contributed by atoms with Gasteiger partial charge in [-0.1, -0.05) is 0 Å². The summed E-state index contributed by atoms with van der Waals surface area (Å²) in [5.74, 6) is -0.433. The molecule has 0 unspecified atom stereocenters. The van der Waals surface area contributed by atoms with Gasteiger partial charge in [0.15, 0.2) is 0 Å². The molecule has 0 bridgehead atoms. The second-order valence-electron chi connectivity index (χ2n) is 4.75. The van der Waals surface area contributed by atoms with Crippen LogP contribution in [0, 0.1) is 5.82 Å². The quantitative estimate of drug-likeness (QED) is 0.733. The van der Waals surface area contributed by atoms with Crippen LogP contribution in [-0.2, 0) is 4.79 Å². The van der Waals surface area contributed by atoms with Gasteiger partial charge in [0.1, 0.15) is 11.6 Å². The van der Waals surface area contributed by atoms with Gasteiger partial charge in [-0.05, 0) is 43.5 Å². The van der Waals surface area contributed by atoms with Crippen molar-refractivity contribution in [2.24, 2.45) is 0 Å². The molecule has 0 aliphatic heterocycles.